The number of hydrogen-bond donors (Lipinski definition) is 2. The molecule has 102 valence electrons. The molecule has 1 aromatic heterocycles. The molecule has 0 saturated carbocycles. The van der Waals surface area contributed by atoms with Gasteiger partial charge in [0.1, 0.15) is 0 Å². The molecule has 18 heavy (non-hydrogen) atoms. The second-order valence-corrected chi connectivity index (χ2v) is 5.87. The maximum atomic E-state index is 12.4. The van der Waals surface area contributed by atoms with Crippen LogP contribution in [0, 0.1) is 0 Å². The maximum absolute atomic E-state index is 12.4. The summed E-state index contributed by atoms with van der Waals surface area (Å²) in [7, 11) is -2.19. The molecule has 0 aromatic carbocycles. The van der Waals surface area contributed by atoms with Crippen molar-refractivity contribution >= 4 is 15.9 Å². The van der Waals surface area contributed by atoms with E-state index in [1.54, 1.807) is 13.8 Å². The molecule has 8 nitrogen and oxygen atoms in total. The number of rotatable bonds is 5. The zero-order chi connectivity index (χ0) is 13.9. The molecule has 0 aliphatic heterocycles. The third-order valence-electron chi connectivity index (χ3n) is 2.37. The van der Waals surface area contributed by atoms with E-state index in [2.05, 4.69) is 10.3 Å². The molecular formula is C9H17N5O3S. The molecule has 1 rings (SSSR count). The van der Waals surface area contributed by atoms with Crippen LogP contribution in [0.4, 0.5) is 0 Å². The summed E-state index contributed by atoms with van der Waals surface area (Å²) < 4.78 is 27.2. The Morgan fingerprint density at radius 2 is 2.28 bits per heavy atom. The van der Waals surface area contributed by atoms with E-state index < -0.39 is 10.0 Å². The van der Waals surface area contributed by atoms with Crippen LogP contribution in [-0.2, 0) is 17.1 Å². The Morgan fingerprint density at radius 3 is 2.67 bits per heavy atom. The van der Waals surface area contributed by atoms with Crippen LogP contribution in [0.15, 0.2) is 22.4 Å². The number of hydrogen-bond acceptors (Lipinski definition) is 5. The molecule has 1 heterocycles. The van der Waals surface area contributed by atoms with Crippen LogP contribution in [0.5, 0.6) is 0 Å². The first-order valence-corrected chi connectivity index (χ1v) is 6.71. The number of oxime groups is 1. The zero-order valence-electron chi connectivity index (χ0n) is 10.5. The van der Waals surface area contributed by atoms with Crippen LogP contribution >= 0.6 is 0 Å². The quantitative estimate of drug-likeness (QED) is 0.327. The highest BCUT2D eigenvalue weighted by molar-refractivity contribution is 7.89. The summed E-state index contributed by atoms with van der Waals surface area (Å²) in [5.74, 6) is -0.172. The van der Waals surface area contributed by atoms with Gasteiger partial charge in [-0.05, 0) is 19.9 Å². The predicted octanol–water partition coefficient (Wildman–Crippen LogP) is -0.434. The van der Waals surface area contributed by atoms with E-state index in [9.17, 15) is 8.42 Å². The monoisotopic (exact) mass is 275 g/mol. The summed E-state index contributed by atoms with van der Waals surface area (Å²) in [5.41, 5.74) is 5.37. The molecule has 0 aliphatic carbocycles. The summed E-state index contributed by atoms with van der Waals surface area (Å²) in [4.78, 5) is 0. The molecule has 9 heteroatoms. The molecule has 1 aromatic rings. The van der Waals surface area contributed by atoms with Gasteiger partial charge in [-0.1, -0.05) is 5.16 Å². The lowest BCUT2D eigenvalue weighted by Crippen LogP contribution is -2.43. The average molecular weight is 275 g/mol. The fourth-order valence-corrected chi connectivity index (χ4v) is 3.18. The Bertz CT molecular complexity index is 534. The lowest BCUT2D eigenvalue weighted by Gasteiger charge is -2.24. The van der Waals surface area contributed by atoms with Crippen molar-refractivity contribution in [1.82, 2.24) is 14.1 Å². The van der Waals surface area contributed by atoms with Gasteiger partial charge < -0.3 is 10.9 Å². The van der Waals surface area contributed by atoms with Crippen molar-refractivity contribution in [3.63, 3.8) is 0 Å². The fourth-order valence-electron chi connectivity index (χ4n) is 1.47. The number of sulfonamides is 1. The van der Waals surface area contributed by atoms with Gasteiger partial charge in [-0.25, -0.2) is 8.42 Å². The first-order valence-electron chi connectivity index (χ1n) is 5.27. The smallest absolute Gasteiger partial charge is 0.260 e. The minimum atomic E-state index is -3.73. The van der Waals surface area contributed by atoms with Gasteiger partial charge in [-0.3, -0.25) is 4.68 Å². The van der Waals surface area contributed by atoms with Gasteiger partial charge in [-0.15, -0.1) is 0 Å². The van der Waals surface area contributed by atoms with Crippen molar-refractivity contribution in [3.8, 4) is 0 Å². The predicted molar refractivity (Wildman–Crippen MR) is 65.6 cm³/mol. The van der Waals surface area contributed by atoms with Crippen molar-refractivity contribution < 1.29 is 13.6 Å². The highest BCUT2D eigenvalue weighted by Crippen LogP contribution is 2.16. The van der Waals surface area contributed by atoms with Gasteiger partial charge in [0.25, 0.3) is 10.0 Å². The maximum Gasteiger partial charge on any atom is 0.260 e. The van der Waals surface area contributed by atoms with Crippen molar-refractivity contribution in [2.45, 2.75) is 24.9 Å². The summed E-state index contributed by atoms with van der Waals surface area (Å²) in [6.45, 7) is 3.23. The third kappa shape index (κ3) is 2.79. The van der Waals surface area contributed by atoms with Crippen molar-refractivity contribution in [2.75, 3.05) is 6.54 Å². The van der Waals surface area contributed by atoms with E-state index in [1.165, 1.54) is 24.0 Å². The summed E-state index contributed by atoms with van der Waals surface area (Å²) in [6.07, 6.45) is 1.40. The van der Waals surface area contributed by atoms with Crippen LogP contribution in [0.25, 0.3) is 0 Å². The van der Waals surface area contributed by atoms with Crippen molar-refractivity contribution in [1.29, 1.82) is 0 Å². The van der Waals surface area contributed by atoms with E-state index in [4.69, 9.17) is 10.9 Å². The molecule has 0 amide bonds. The Hall–Kier alpha value is -1.61. The highest BCUT2D eigenvalue weighted by atomic mass is 32.2. The average Bonchev–Trinajstić information content (AvgIpc) is 2.71. The standard InChI is InChI=1S/C9H17N5O3S/c1-7(2)14(6-8(10)12-15)18(16,17)9-4-5-11-13(9)3/h4-5,7,15H,6H2,1-3H3,(H2,10,12). The van der Waals surface area contributed by atoms with Crippen LogP contribution in [0.3, 0.4) is 0 Å². The fraction of sp³-hybridized carbons (Fsp3) is 0.556. The minimum absolute atomic E-state index is 0.0574. The number of nitrogens with zero attached hydrogens (tertiary/aromatic N) is 4. The Kier molecular flexibility index (Phi) is 4.30. The lowest BCUT2D eigenvalue weighted by molar-refractivity contribution is 0.312. The van der Waals surface area contributed by atoms with E-state index >= 15 is 0 Å². The Labute approximate surface area is 106 Å². The number of aromatic nitrogens is 2. The van der Waals surface area contributed by atoms with Gasteiger partial charge in [0, 0.05) is 13.1 Å². The molecule has 0 radical (unpaired) electrons. The van der Waals surface area contributed by atoms with Gasteiger partial charge in [-0.2, -0.15) is 9.40 Å². The summed E-state index contributed by atoms with van der Waals surface area (Å²) >= 11 is 0. The molecule has 0 fully saturated rings. The number of amidine groups is 1. The van der Waals surface area contributed by atoms with Gasteiger partial charge in [0.15, 0.2) is 10.9 Å². The normalized spacial score (nSPS) is 13.5. The molecule has 0 aliphatic rings. The topological polar surface area (TPSA) is 114 Å². The molecule has 3 N–H and O–H groups in total. The van der Waals surface area contributed by atoms with Gasteiger partial charge >= 0.3 is 0 Å². The van der Waals surface area contributed by atoms with Crippen LogP contribution in [0.1, 0.15) is 13.8 Å². The van der Waals surface area contributed by atoms with Crippen molar-refractivity contribution in [2.24, 2.45) is 17.9 Å². The SMILES string of the molecule is CC(C)N(CC(N)=NO)S(=O)(=O)c1ccnn1C. The second-order valence-electron chi connectivity index (χ2n) is 4.03. The third-order valence-corrected chi connectivity index (χ3v) is 4.47. The van der Waals surface area contributed by atoms with Gasteiger partial charge in [0.2, 0.25) is 0 Å². The Morgan fingerprint density at radius 1 is 1.67 bits per heavy atom. The highest BCUT2D eigenvalue weighted by Gasteiger charge is 2.30. The number of nitrogens with two attached hydrogens (primary N) is 1. The second kappa shape index (κ2) is 5.36. The van der Waals surface area contributed by atoms with E-state index in [0.29, 0.717) is 0 Å². The molecular weight excluding hydrogens is 258 g/mol. The van der Waals surface area contributed by atoms with Crippen LogP contribution in [-0.4, -0.2) is 46.1 Å². The van der Waals surface area contributed by atoms with E-state index in [-0.39, 0.29) is 23.4 Å². The van der Waals surface area contributed by atoms with E-state index in [1.807, 2.05) is 0 Å². The van der Waals surface area contributed by atoms with Gasteiger partial charge in [0.05, 0.1) is 12.7 Å². The summed E-state index contributed by atoms with van der Waals surface area (Å²) in [5, 5.41) is 15.2. The van der Waals surface area contributed by atoms with E-state index in [0.717, 1.165) is 4.31 Å². The molecule has 0 bridgehead atoms. The number of aryl methyl sites for hydroxylation is 1. The summed E-state index contributed by atoms with van der Waals surface area (Å²) in [6, 6.07) is 1.07. The van der Waals surface area contributed by atoms with Crippen molar-refractivity contribution in [3.05, 3.63) is 12.3 Å². The first-order chi connectivity index (χ1) is 8.30. The van der Waals surface area contributed by atoms with Crippen LogP contribution in [0.2, 0.25) is 0 Å². The molecule has 0 atom stereocenters. The van der Waals surface area contributed by atoms with Crippen LogP contribution < -0.4 is 5.73 Å². The zero-order valence-corrected chi connectivity index (χ0v) is 11.3. The lowest BCUT2D eigenvalue weighted by atomic mass is 10.4. The molecule has 0 saturated heterocycles. The minimum Gasteiger partial charge on any atom is -0.409 e. The molecule has 0 spiro atoms. The molecule has 0 unspecified atom stereocenters. The largest absolute Gasteiger partial charge is 0.409 e. The Balaban J connectivity index is 3.18. The first kappa shape index (κ1) is 14.5.